The molecule has 7 nitrogen and oxygen atoms in total. The van der Waals surface area contributed by atoms with E-state index in [2.05, 4.69) is 10.6 Å². The number of nitrogens with one attached hydrogen (secondary N) is 2. The van der Waals surface area contributed by atoms with Gasteiger partial charge in [-0.15, -0.1) is 0 Å². The maximum absolute atomic E-state index is 12.2. The van der Waals surface area contributed by atoms with Gasteiger partial charge in [-0.3, -0.25) is 14.5 Å². The molecule has 0 radical (unpaired) electrons. The van der Waals surface area contributed by atoms with Gasteiger partial charge in [0.1, 0.15) is 24.1 Å². The van der Waals surface area contributed by atoms with Crippen LogP contribution in [0.15, 0.2) is 54.6 Å². The van der Waals surface area contributed by atoms with Crippen molar-refractivity contribution in [3.63, 3.8) is 0 Å². The fourth-order valence-electron chi connectivity index (χ4n) is 2.79. The molecule has 0 saturated carbocycles. The first-order chi connectivity index (χ1) is 13.1. The maximum Gasteiger partial charge on any atom is 0.325 e. The molecule has 7 heteroatoms. The van der Waals surface area contributed by atoms with Crippen molar-refractivity contribution >= 4 is 23.5 Å². The largest absolute Gasteiger partial charge is 0.457 e. The second-order valence-corrected chi connectivity index (χ2v) is 6.20. The van der Waals surface area contributed by atoms with Crippen molar-refractivity contribution in [3.05, 3.63) is 54.6 Å². The molecule has 27 heavy (non-hydrogen) atoms. The molecule has 4 amide bonds. The molecule has 1 heterocycles. The smallest absolute Gasteiger partial charge is 0.325 e. The predicted octanol–water partition coefficient (Wildman–Crippen LogP) is 3.14. The zero-order chi connectivity index (χ0) is 19.2. The zero-order valence-corrected chi connectivity index (χ0v) is 15.0. The van der Waals surface area contributed by atoms with Gasteiger partial charge in [0, 0.05) is 5.69 Å². The van der Waals surface area contributed by atoms with E-state index in [1.165, 1.54) is 0 Å². The van der Waals surface area contributed by atoms with Gasteiger partial charge in [-0.25, -0.2) is 4.79 Å². The normalized spacial score (nSPS) is 16.2. The van der Waals surface area contributed by atoms with E-state index >= 15 is 0 Å². The molecule has 0 aliphatic carbocycles. The van der Waals surface area contributed by atoms with E-state index in [9.17, 15) is 14.4 Å². The van der Waals surface area contributed by atoms with Crippen LogP contribution >= 0.6 is 0 Å². The van der Waals surface area contributed by atoms with Gasteiger partial charge >= 0.3 is 6.03 Å². The molecule has 0 aromatic heterocycles. The van der Waals surface area contributed by atoms with Gasteiger partial charge in [-0.2, -0.15) is 0 Å². The molecule has 1 unspecified atom stereocenters. The first kappa shape index (κ1) is 18.4. The highest BCUT2D eigenvalue weighted by molar-refractivity contribution is 6.07. The van der Waals surface area contributed by atoms with E-state index in [-0.39, 0.29) is 12.5 Å². The SMILES string of the molecule is CCCC1NC(=O)N(CC(=O)Nc2ccc(Oc3ccccc3)cc2)C1=O. The number of benzene rings is 2. The molecule has 1 atom stereocenters. The third-order valence-electron chi connectivity index (χ3n) is 4.10. The van der Waals surface area contributed by atoms with Gasteiger partial charge in [0.25, 0.3) is 5.91 Å². The minimum Gasteiger partial charge on any atom is -0.457 e. The van der Waals surface area contributed by atoms with Gasteiger partial charge in [-0.05, 0) is 42.8 Å². The monoisotopic (exact) mass is 367 g/mol. The van der Waals surface area contributed by atoms with Gasteiger partial charge in [-0.1, -0.05) is 31.5 Å². The Morgan fingerprint density at radius 1 is 1.07 bits per heavy atom. The molecule has 1 aliphatic heterocycles. The summed E-state index contributed by atoms with van der Waals surface area (Å²) < 4.78 is 5.69. The highest BCUT2D eigenvalue weighted by atomic mass is 16.5. The second-order valence-electron chi connectivity index (χ2n) is 6.20. The summed E-state index contributed by atoms with van der Waals surface area (Å²) in [7, 11) is 0. The van der Waals surface area contributed by atoms with E-state index in [1.807, 2.05) is 37.3 Å². The quantitative estimate of drug-likeness (QED) is 0.736. The van der Waals surface area contributed by atoms with Crippen LogP contribution in [0, 0.1) is 0 Å². The van der Waals surface area contributed by atoms with E-state index in [4.69, 9.17) is 4.74 Å². The molecule has 0 bridgehead atoms. The summed E-state index contributed by atoms with van der Waals surface area (Å²) in [6.07, 6.45) is 1.33. The Kier molecular flexibility index (Phi) is 5.71. The first-order valence-corrected chi connectivity index (χ1v) is 8.81. The molecule has 140 valence electrons. The standard InChI is InChI=1S/C20H21N3O4/c1-2-6-17-19(25)23(20(26)22-17)13-18(24)21-14-9-11-16(12-10-14)27-15-7-4-3-5-8-15/h3-5,7-12,17H,2,6,13H2,1H3,(H,21,24)(H,22,26). The Morgan fingerprint density at radius 3 is 2.41 bits per heavy atom. The number of amides is 4. The number of carbonyl (C=O) groups excluding carboxylic acids is 3. The van der Waals surface area contributed by atoms with E-state index < -0.39 is 18.0 Å². The Hall–Kier alpha value is -3.35. The average Bonchev–Trinajstić information content (AvgIpc) is 2.92. The number of rotatable bonds is 7. The minimum atomic E-state index is -0.537. The fraction of sp³-hybridized carbons (Fsp3) is 0.250. The number of imide groups is 1. The number of para-hydroxylation sites is 1. The van der Waals surface area contributed by atoms with Crippen LogP contribution < -0.4 is 15.4 Å². The Morgan fingerprint density at radius 2 is 1.74 bits per heavy atom. The molecule has 3 rings (SSSR count). The van der Waals surface area contributed by atoms with Crippen molar-refractivity contribution in [1.29, 1.82) is 0 Å². The number of ether oxygens (including phenoxy) is 1. The molecule has 2 N–H and O–H groups in total. The summed E-state index contributed by atoms with van der Waals surface area (Å²) in [4.78, 5) is 37.2. The number of urea groups is 1. The van der Waals surface area contributed by atoms with Crippen LogP contribution in [0.3, 0.4) is 0 Å². The summed E-state index contributed by atoms with van der Waals surface area (Å²) >= 11 is 0. The van der Waals surface area contributed by atoms with Crippen LogP contribution in [-0.4, -0.2) is 35.3 Å². The van der Waals surface area contributed by atoms with Crippen molar-refractivity contribution in [3.8, 4) is 11.5 Å². The Bertz CT molecular complexity index is 821. The lowest BCUT2D eigenvalue weighted by Gasteiger charge is -2.13. The Balaban J connectivity index is 1.55. The highest BCUT2D eigenvalue weighted by Gasteiger charge is 2.38. The number of nitrogens with zero attached hydrogens (tertiary/aromatic N) is 1. The van der Waals surface area contributed by atoms with Crippen LogP contribution in [0.1, 0.15) is 19.8 Å². The lowest BCUT2D eigenvalue weighted by Crippen LogP contribution is -2.38. The van der Waals surface area contributed by atoms with Gasteiger partial charge in [0.2, 0.25) is 5.91 Å². The van der Waals surface area contributed by atoms with Crippen molar-refractivity contribution in [1.82, 2.24) is 10.2 Å². The maximum atomic E-state index is 12.2. The molecule has 2 aromatic rings. The molecule has 1 saturated heterocycles. The Labute approximate surface area is 157 Å². The first-order valence-electron chi connectivity index (χ1n) is 8.81. The van der Waals surface area contributed by atoms with Crippen LogP contribution in [0.4, 0.5) is 10.5 Å². The topological polar surface area (TPSA) is 87.7 Å². The van der Waals surface area contributed by atoms with E-state index in [0.717, 1.165) is 17.1 Å². The molecule has 2 aromatic carbocycles. The van der Waals surface area contributed by atoms with Crippen LogP contribution in [-0.2, 0) is 9.59 Å². The van der Waals surface area contributed by atoms with Gasteiger partial charge in [0.15, 0.2) is 0 Å². The second kappa shape index (κ2) is 8.35. The lowest BCUT2D eigenvalue weighted by atomic mass is 10.2. The summed E-state index contributed by atoms with van der Waals surface area (Å²) in [5.41, 5.74) is 0.553. The van der Waals surface area contributed by atoms with Crippen LogP contribution in [0.25, 0.3) is 0 Å². The van der Waals surface area contributed by atoms with Gasteiger partial charge < -0.3 is 15.4 Å². The minimum absolute atomic E-state index is 0.312. The summed E-state index contributed by atoms with van der Waals surface area (Å²) in [5.74, 6) is 0.557. The molecule has 1 fully saturated rings. The summed E-state index contributed by atoms with van der Waals surface area (Å²) in [6.45, 7) is 1.62. The number of carbonyl (C=O) groups is 3. The third kappa shape index (κ3) is 4.63. The van der Waals surface area contributed by atoms with E-state index in [0.29, 0.717) is 17.9 Å². The van der Waals surface area contributed by atoms with Gasteiger partial charge in [0.05, 0.1) is 0 Å². The molecule has 0 spiro atoms. The third-order valence-corrected chi connectivity index (χ3v) is 4.10. The fourth-order valence-corrected chi connectivity index (χ4v) is 2.79. The molecular weight excluding hydrogens is 346 g/mol. The van der Waals surface area contributed by atoms with Crippen molar-refractivity contribution < 1.29 is 19.1 Å². The van der Waals surface area contributed by atoms with Crippen molar-refractivity contribution in [2.45, 2.75) is 25.8 Å². The van der Waals surface area contributed by atoms with Crippen molar-refractivity contribution in [2.24, 2.45) is 0 Å². The number of anilines is 1. The predicted molar refractivity (Wildman–Crippen MR) is 101 cm³/mol. The van der Waals surface area contributed by atoms with Crippen LogP contribution in [0.2, 0.25) is 0 Å². The van der Waals surface area contributed by atoms with E-state index in [1.54, 1.807) is 24.3 Å². The number of hydrogen-bond donors (Lipinski definition) is 2. The zero-order valence-electron chi connectivity index (χ0n) is 15.0. The average molecular weight is 367 g/mol. The lowest BCUT2D eigenvalue weighted by molar-refractivity contribution is -0.130. The van der Waals surface area contributed by atoms with Crippen LogP contribution in [0.5, 0.6) is 11.5 Å². The highest BCUT2D eigenvalue weighted by Crippen LogP contribution is 2.22. The molecule has 1 aliphatic rings. The number of hydrogen-bond acceptors (Lipinski definition) is 4. The summed E-state index contributed by atoms with van der Waals surface area (Å²) in [6, 6.07) is 15.1. The molecular formula is C20H21N3O4. The van der Waals surface area contributed by atoms with Crippen molar-refractivity contribution in [2.75, 3.05) is 11.9 Å². The summed E-state index contributed by atoms with van der Waals surface area (Å²) in [5, 5.41) is 5.27.